The van der Waals surface area contributed by atoms with Crippen LogP contribution in [-0.2, 0) is 16.8 Å². The molecule has 0 atom stereocenters. The van der Waals surface area contributed by atoms with E-state index in [2.05, 4.69) is 32.9 Å². The van der Waals surface area contributed by atoms with Crippen molar-refractivity contribution in [3.8, 4) is 0 Å². The zero-order valence-corrected chi connectivity index (χ0v) is 21.0. The molecule has 3 rings (SSSR count). The number of hydrogen-bond acceptors (Lipinski definition) is 3. The van der Waals surface area contributed by atoms with Crippen LogP contribution >= 0.6 is 0 Å². The summed E-state index contributed by atoms with van der Waals surface area (Å²) in [6.45, 7) is 6.39. The Morgan fingerprint density at radius 1 is 0.724 bits per heavy atom. The van der Waals surface area contributed by atoms with Crippen LogP contribution in [0.25, 0.3) is 0 Å². The first-order valence-corrected chi connectivity index (χ1v) is 10.2. The van der Waals surface area contributed by atoms with E-state index in [9.17, 15) is 0 Å². The summed E-state index contributed by atoms with van der Waals surface area (Å²) in [7, 11) is 0. The van der Waals surface area contributed by atoms with Crippen LogP contribution in [0.5, 0.6) is 0 Å². The summed E-state index contributed by atoms with van der Waals surface area (Å²) in [5.74, 6) is 0. The van der Waals surface area contributed by atoms with Crippen LogP contribution < -0.4 is 37.2 Å². The molecule has 2 saturated carbocycles. The minimum Gasteiger partial charge on any atom is -1.00 e. The standard InChI is InChI=1S/C22H33N3.3ClH.Co/c1-16-14-21(17(2)23-19-10-6-4-7-11-19)25-22(15-16)18(3)24-20-12-8-5-9-13-20;;;;/h14-15,19-20H,4-13H2,1-3H3;3*1H;/q;;;;+3/p-3. The zero-order valence-electron chi connectivity index (χ0n) is 17.7. The molecule has 1 aromatic heterocycles. The van der Waals surface area contributed by atoms with Crippen LogP contribution in [0.1, 0.15) is 95.0 Å². The molecule has 1 heterocycles. The molecule has 0 radical (unpaired) electrons. The maximum atomic E-state index is 4.98. The van der Waals surface area contributed by atoms with Crippen molar-refractivity contribution < 1.29 is 54.0 Å². The fraction of sp³-hybridized carbons (Fsp3) is 0.682. The molecule has 0 aliphatic heterocycles. The van der Waals surface area contributed by atoms with Gasteiger partial charge in [0.05, 0.1) is 34.9 Å². The van der Waals surface area contributed by atoms with Crippen molar-refractivity contribution in [1.82, 2.24) is 4.98 Å². The van der Waals surface area contributed by atoms with Gasteiger partial charge in [0.1, 0.15) is 0 Å². The van der Waals surface area contributed by atoms with E-state index in [1.807, 2.05) is 0 Å². The molecule has 1 aromatic rings. The van der Waals surface area contributed by atoms with Crippen molar-refractivity contribution in [2.24, 2.45) is 9.98 Å². The average molecular weight is 505 g/mol. The van der Waals surface area contributed by atoms with Gasteiger partial charge in [0.2, 0.25) is 0 Å². The molecule has 7 heteroatoms. The van der Waals surface area contributed by atoms with Crippen LogP contribution in [0.2, 0.25) is 0 Å². The molecular weight excluding hydrogens is 472 g/mol. The van der Waals surface area contributed by atoms with Gasteiger partial charge < -0.3 is 37.2 Å². The summed E-state index contributed by atoms with van der Waals surface area (Å²) < 4.78 is 0. The molecule has 0 N–H and O–H groups in total. The van der Waals surface area contributed by atoms with Gasteiger partial charge in [-0.3, -0.25) is 9.98 Å². The first-order chi connectivity index (χ1) is 12.1. The fourth-order valence-corrected chi connectivity index (χ4v) is 4.14. The molecule has 29 heavy (non-hydrogen) atoms. The normalized spacial score (nSPS) is 18.6. The Morgan fingerprint density at radius 2 is 1.07 bits per heavy atom. The minimum absolute atomic E-state index is 0. The maximum Gasteiger partial charge on any atom is 3.00 e. The van der Waals surface area contributed by atoms with E-state index in [0.29, 0.717) is 12.1 Å². The second-order valence-corrected chi connectivity index (χ2v) is 7.93. The van der Waals surface area contributed by atoms with Crippen LogP contribution in [0, 0.1) is 6.92 Å². The Bertz CT molecular complexity index is 600. The molecule has 166 valence electrons. The zero-order chi connectivity index (χ0) is 17.6. The predicted molar refractivity (Wildman–Crippen MR) is 107 cm³/mol. The molecule has 0 bridgehead atoms. The summed E-state index contributed by atoms with van der Waals surface area (Å²) in [4.78, 5) is 14.9. The number of pyridine rings is 1. The Morgan fingerprint density at radius 3 is 1.41 bits per heavy atom. The van der Waals surface area contributed by atoms with E-state index in [4.69, 9.17) is 15.0 Å². The molecule has 2 aliphatic carbocycles. The van der Waals surface area contributed by atoms with Crippen molar-refractivity contribution in [2.45, 2.75) is 97.1 Å². The van der Waals surface area contributed by atoms with Gasteiger partial charge in [0.15, 0.2) is 0 Å². The van der Waals surface area contributed by atoms with E-state index < -0.39 is 0 Å². The molecular formula is C22H33Cl3CoN3. The number of hydrogen-bond donors (Lipinski definition) is 0. The topological polar surface area (TPSA) is 37.6 Å². The van der Waals surface area contributed by atoms with E-state index in [1.165, 1.54) is 69.8 Å². The molecule has 0 unspecified atom stereocenters. The van der Waals surface area contributed by atoms with Gasteiger partial charge in [-0.15, -0.1) is 0 Å². The second kappa shape index (κ2) is 15.6. The minimum atomic E-state index is 0. The Kier molecular flexibility index (Phi) is 16.7. The molecule has 3 nitrogen and oxygen atoms in total. The molecule has 0 saturated heterocycles. The van der Waals surface area contributed by atoms with Gasteiger partial charge in [-0.1, -0.05) is 38.5 Å². The third-order valence-corrected chi connectivity index (χ3v) is 5.61. The molecule has 0 aromatic carbocycles. The Hall–Kier alpha value is -0.134. The van der Waals surface area contributed by atoms with E-state index in [1.54, 1.807) is 0 Å². The number of rotatable bonds is 4. The molecule has 2 fully saturated rings. The van der Waals surface area contributed by atoms with Crippen LogP contribution in [0.4, 0.5) is 0 Å². The Labute approximate surface area is 205 Å². The van der Waals surface area contributed by atoms with Gasteiger partial charge in [0.25, 0.3) is 0 Å². The van der Waals surface area contributed by atoms with E-state index >= 15 is 0 Å². The fourth-order valence-electron chi connectivity index (χ4n) is 4.14. The Balaban J connectivity index is 0. The first-order valence-electron chi connectivity index (χ1n) is 10.2. The quantitative estimate of drug-likeness (QED) is 0.396. The van der Waals surface area contributed by atoms with Gasteiger partial charge in [-0.2, -0.15) is 0 Å². The summed E-state index contributed by atoms with van der Waals surface area (Å²) >= 11 is 0. The van der Waals surface area contributed by atoms with Crippen LogP contribution in [0.15, 0.2) is 22.1 Å². The van der Waals surface area contributed by atoms with Crippen molar-refractivity contribution in [2.75, 3.05) is 0 Å². The van der Waals surface area contributed by atoms with Gasteiger partial charge >= 0.3 is 16.8 Å². The third kappa shape index (κ3) is 9.69. The number of aliphatic imine (C=N–C) groups is 2. The van der Waals surface area contributed by atoms with Crippen LogP contribution in [-0.4, -0.2) is 28.5 Å². The van der Waals surface area contributed by atoms with Gasteiger partial charge in [-0.05, 0) is 64.2 Å². The molecule has 0 spiro atoms. The smallest absolute Gasteiger partial charge is 1.00 e. The monoisotopic (exact) mass is 503 g/mol. The third-order valence-electron chi connectivity index (χ3n) is 5.61. The summed E-state index contributed by atoms with van der Waals surface area (Å²) in [6, 6.07) is 5.32. The maximum absolute atomic E-state index is 4.98. The first kappa shape index (κ1) is 31.1. The largest absolute Gasteiger partial charge is 3.00 e. The molecule has 0 amide bonds. The number of nitrogens with zero attached hydrogens (tertiary/aromatic N) is 3. The van der Waals surface area contributed by atoms with E-state index in [-0.39, 0.29) is 54.0 Å². The van der Waals surface area contributed by atoms with Crippen molar-refractivity contribution in [3.63, 3.8) is 0 Å². The van der Waals surface area contributed by atoms with Crippen molar-refractivity contribution in [3.05, 3.63) is 29.1 Å². The van der Waals surface area contributed by atoms with Gasteiger partial charge in [0, 0.05) is 0 Å². The second-order valence-electron chi connectivity index (χ2n) is 7.93. The SMILES string of the molecule is CC(=NC1CCCCC1)c1cc(C)cc(C(C)=NC2CCCCC2)n1.[Cl-].[Cl-].[Cl-].[Co+3]. The van der Waals surface area contributed by atoms with Crippen molar-refractivity contribution >= 4 is 11.4 Å². The number of halogens is 3. The average Bonchev–Trinajstić information content (AvgIpc) is 2.63. The summed E-state index contributed by atoms with van der Waals surface area (Å²) in [5.41, 5.74) is 5.47. The van der Waals surface area contributed by atoms with Gasteiger partial charge in [-0.25, -0.2) is 4.98 Å². The van der Waals surface area contributed by atoms with Crippen LogP contribution in [0.3, 0.4) is 0 Å². The predicted octanol–water partition coefficient (Wildman–Crippen LogP) is -3.32. The van der Waals surface area contributed by atoms with Crippen molar-refractivity contribution in [1.29, 1.82) is 0 Å². The summed E-state index contributed by atoms with van der Waals surface area (Å²) in [5, 5.41) is 0. The number of aromatic nitrogens is 1. The van der Waals surface area contributed by atoms with E-state index in [0.717, 1.165) is 22.8 Å². The molecule has 2 aliphatic rings. The summed E-state index contributed by atoms with van der Waals surface area (Å²) in [6.07, 6.45) is 13.0. The number of aryl methyl sites for hydroxylation is 1.